The predicted octanol–water partition coefficient (Wildman–Crippen LogP) is 4.01. The molecule has 1 saturated heterocycles. The van der Waals surface area contributed by atoms with E-state index in [1.54, 1.807) is 11.1 Å². The molecule has 0 aliphatic carbocycles. The molecule has 5 nitrogen and oxygen atoms in total. The SMILES string of the molecule is CCC1SC(=S)N(CCC(=O)Nc2ncc(Cc3ccc(C)cc3)s2)C1=O. The first kappa shape index (κ1) is 20.0. The maximum atomic E-state index is 12.2. The molecule has 1 aromatic heterocycles. The van der Waals surface area contributed by atoms with Gasteiger partial charge in [-0.15, -0.1) is 11.3 Å². The van der Waals surface area contributed by atoms with Gasteiger partial charge in [-0.25, -0.2) is 4.98 Å². The molecule has 1 N–H and O–H groups in total. The molecular weight excluding hydrogens is 398 g/mol. The van der Waals surface area contributed by atoms with Crippen molar-refractivity contribution in [1.82, 2.24) is 9.88 Å². The Labute approximate surface area is 172 Å². The minimum absolute atomic E-state index is 0.00920. The van der Waals surface area contributed by atoms with Crippen molar-refractivity contribution in [3.05, 3.63) is 46.5 Å². The predicted molar refractivity (Wildman–Crippen MR) is 115 cm³/mol. The van der Waals surface area contributed by atoms with Crippen molar-refractivity contribution in [2.75, 3.05) is 11.9 Å². The number of thiazole rings is 1. The number of aromatic nitrogens is 1. The number of nitrogens with one attached hydrogen (secondary N) is 1. The summed E-state index contributed by atoms with van der Waals surface area (Å²) >= 11 is 8.12. The van der Waals surface area contributed by atoms with Gasteiger partial charge in [0.15, 0.2) is 5.13 Å². The van der Waals surface area contributed by atoms with Crippen LogP contribution in [0, 0.1) is 6.92 Å². The molecule has 142 valence electrons. The molecule has 1 aliphatic heterocycles. The standard InChI is InChI=1S/C19H21N3O2S3/c1-3-15-17(24)22(19(25)27-15)9-8-16(23)21-18-20-11-14(26-18)10-13-6-4-12(2)5-7-13/h4-7,11,15H,3,8-10H2,1-2H3,(H,20,21,23). The first-order valence-electron chi connectivity index (χ1n) is 8.78. The van der Waals surface area contributed by atoms with Crippen molar-refractivity contribution in [1.29, 1.82) is 0 Å². The molecule has 1 aromatic carbocycles. The lowest BCUT2D eigenvalue weighted by Crippen LogP contribution is -2.33. The second-order valence-corrected chi connectivity index (χ2v) is 9.31. The van der Waals surface area contributed by atoms with Gasteiger partial charge < -0.3 is 5.32 Å². The van der Waals surface area contributed by atoms with Crippen LogP contribution >= 0.6 is 35.3 Å². The fourth-order valence-electron chi connectivity index (χ4n) is 2.71. The molecule has 27 heavy (non-hydrogen) atoms. The number of anilines is 1. The zero-order chi connectivity index (χ0) is 19.4. The second kappa shape index (κ2) is 8.95. The molecule has 8 heteroatoms. The van der Waals surface area contributed by atoms with Crippen LogP contribution in [0.2, 0.25) is 0 Å². The maximum absolute atomic E-state index is 12.2. The fraction of sp³-hybridized carbons (Fsp3) is 0.368. The van der Waals surface area contributed by atoms with Crippen molar-refractivity contribution in [3.8, 4) is 0 Å². The van der Waals surface area contributed by atoms with Gasteiger partial charge in [-0.1, -0.05) is 60.7 Å². The maximum Gasteiger partial charge on any atom is 0.241 e. The summed E-state index contributed by atoms with van der Waals surface area (Å²) in [5.74, 6) is -0.151. The number of nitrogens with zero attached hydrogens (tertiary/aromatic N) is 2. The third-order valence-electron chi connectivity index (χ3n) is 4.24. The number of amides is 2. The van der Waals surface area contributed by atoms with Gasteiger partial charge in [0.05, 0.1) is 5.25 Å². The Kier molecular flexibility index (Phi) is 6.62. The van der Waals surface area contributed by atoms with Gasteiger partial charge in [0.25, 0.3) is 0 Å². The monoisotopic (exact) mass is 419 g/mol. The van der Waals surface area contributed by atoms with E-state index in [1.807, 2.05) is 6.92 Å². The van der Waals surface area contributed by atoms with Gasteiger partial charge in [-0.3, -0.25) is 14.5 Å². The zero-order valence-corrected chi connectivity index (χ0v) is 17.7. The van der Waals surface area contributed by atoms with Crippen LogP contribution in [0.5, 0.6) is 0 Å². The summed E-state index contributed by atoms with van der Waals surface area (Å²) in [6.45, 7) is 4.34. The fourth-order valence-corrected chi connectivity index (χ4v) is 5.05. The van der Waals surface area contributed by atoms with Crippen LogP contribution < -0.4 is 5.32 Å². The average Bonchev–Trinajstić information content (AvgIpc) is 3.19. The molecule has 0 spiro atoms. The van der Waals surface area contributed by atoms with Crippen LogP contribution in [0.3, 0.4) is 0 Å². The Hall–Kier alpha value is -1.77. The lowest BCUT2D eigenvalue weighted by atomic mass is 10.1. The highest BCUT2D eigenvalue weighted by molar-refractivity contribution is 8.24. The Bertz CT molecular complexity index is 848. The van der Waals surface area contributed by atoms with Gasteiger partial charge in [0, 0.05) is 30.5 Å². The van der Waals surface area contributed by atoms with Crippen LogP contribution in [-0.2, 0) is 16.0 Å². The number of thioether (sulfide) groups is 1. The summed E-state index contributed by atoms with van der Waals surface area (Å²) in [4.78, 5) is 31.3. The number of benzene rings is 1. The highest BCUT2D eigenvalue weighted by atomic mass is 32.2. The zero-order valence-electron chi connectivity index (χ0n) is 15.2. The largest absolute Gasteiger partial charge is 0.302 e. The Morgan fingerprint density at radius 2 is 2.07 bits per heavy atom. The van der Waals surface area contributed by atoms with Crippen LogP contribution in [-0.4, -0.2) is 37.8 Å². The normalized spacial score (nSPS) is 16.8. The summed E-state index contributed by atoms with van der Waals surface area (Å²) in [7, 11) is 0. The van der Waals surface area contributed by atoms with E-state index in [0.29, 0.717) is 16.0 Å². The Balaban J connectivity index is 1.50. The van der Waals surface area contributed by atoms with Crippen LogP contribution in [0.4, 0.5) is 5.13 Å². The third kappa shape index (κ3) is 5.15. The molecule has 2 aromatic rings. The van der Waals surface area contributed by atoms with Gasteiger partial charge in [-0.2, -0.15) is 0 Å². The van der Waals surface area contributed by atoms with E-state index in [1.165, 1.54) is 34.2 Å². The minimum Gasteiger partial charge on any atom is -0.302 e. The van der Waals surface area contributed by atoms with Gasteiger partial charge in [-0.05, 0) is 18.9 Å². The van der Waals surface area contributed by atoms with Crippen molar-refractivity contribution < 1.29 is 9.59 Å². The first-order chi connectivity index (χ1) is 13.0. The second-order valence-electron chi connectivity index (χ2n) is 6.36. The first-order valence-corrected chi connectivity index (χ1v) is 10.9. The molecular formula is C19H21N3O2S3. The number of carbonyl (C=O) groups excluding carboxylic acids is 2. The number of thiocarbonyl (C=S) groups is 1. The molecule has 3 rings (SSSR count). The van der Waals surface area contributed by atoms with E-state index in [9.17, 15) is 9.59 Å². The summed E-state index contributed by atoms with van der Waals surface area (Å²) in [5.41, 5.74) is 2.45. The number of hydrogen-bond acceptors (Lipinski definition) is 6. The topological polar surface area (TPSA) is 62.3 Å². The highest BCUT2D eigenvalue weighted by Crippen LogP contribution is 2.29. The van der Waals surface area contributed by atoms with Gasteiger partial charge in [0.1, 0.15) is 4.32 Å². The molecule has 2 amide bonds. The van der Waals surface area contributed by atoms with E-state index in [4.69, 9.17) is 12.2 Å². The summed E-state index contributed by atoms with van der Waals surface area (Å²) in [5, 5.41) is 3.29. The van der Waals surface area contributed by atoms with Gasteiger partial charge >= 0.3 is 0 Å². The molecule has 1 atom stereocenters. The molecule has 0 radical (unpaired) electrons. The highest BCUT2D eigenvalue weighted by Gasteiger charge is 2.35. The lowest BCUT2D eigenvalue weighted by molar-refractivity contribution is -0.126. The molecule has 2 heterocycles. The number of rotatable bonds is 7. The summed E-state index contributed by atoms with van der Waals surface area (Å²) in [6, 6.07) is 8.38. The van der Waals surface area contributed by atoms with Gasteiger partial charge in [0.2, 0.25) is 11.8 Å². The molecule has 0 saturated carbocycles. The van der Waals surface area contributed by atoms with E-state index in [0.717, 1.165) is 17.7 Å². The number of hydrogen-bond donors (Lipinski definition) is 1. The molecule has 1 unspecified atom stereocenters. The van der Waals surface area contributed by atoms with Crippen molar-refractivity contribution in [2.24, 2.45) is 0 Å². The minimum atomic E-state index is -0.160. The Morgan fingerprint density at radius 1 is 1.33 bits per heavy atom. The smallest absolute Gasteiger partial charge is 0.241 e. The van der Waals surface area contributed by atoms with E-state index in [-0.39, 0.29) is 23.5 Å². The average molecular weight is 420 g/mol. The lowest BCUT2D eigenvalue weighted by Gasteiger charge is -2.14. The van der Waals surface area contributed by atoms with Crippen molar-refractivity contribution in [2.45, 2.75) is 38.4 Å². The van der Waals surface area contributed by atoms with Crippen LogP contribution in [0.25, 0.3) is 0 Å². The quantitative estimate of drug-likeness (QED) is 0.687. The Morgan fingerprint density at radius 3 is 2.74 bits per heavy atom. The van der Waals surface area contributed by atoms with E-state index in [2.05, 4.69) is 41.5 Å². The van der Waals surface area contributed by atoms with Crippen molar-refractivity contribution >= 4 is 56.6 Å². The van der Waals surface area contributed by atoms with Crippen LogP contribution in [0.15, 0.2) is 30.5 Å². The van der Waals surface area contributed by atoms with Crippen LogP contribution in [0.1, 0.15) is 35.8 Å². The van der Waals surface area contributed by atoms with Crippen molar-refractivity contribution in [3.63, 3.8) is 0 Å². The molecule has 1 fully saturated rings. The summed E-state index contributed by atoms with van der Waals surface area (Å²) < 4.78 is 0.564. The number of carbonyl (C=O) groups is 2. The molecule has 1 aliphatic rings. The van der Waals surface area contributed by atoms with E-state index >= 15 is 0 Å². The third-order valence-corrected chi connectivity index (χ3v) is 6.90. The summed E-state index contributed by atoms with van der Waals surface area (Å²) in [6.07, 6.45) is 3.53. The molecule has 0 bridgehead atoms. The van der Waals surface area contributed by atoms with E-state index < -0.39 is 0 Å². The number of aryl methyl sites for hydroxylation is 1.